The number of para-hydroxylation sites is 4. The van der Waals surface area contributed by atoms with E-state index in [0.29, 0.717) is 13.1 Å². The number of amides is 1. The van der Waals surface area contributed by atoms with E-state index in [4.69, 9.17) is 4.74 Å². The van der Waals surface area contributed by atoms with Crippen molar-refractivity contribution in [2.45, 2.75) is 0 Å². The van der Waals surface area contributed by atoms with Gasteiger partial charge in [-0.3, -0.25) is 4.79 Å². The molecule has 1 fully saturated rings. The van der Waals surface area contributed by atoms with Gasteiger partial charge in [0.15, 0.2) is 0 Å². The lowest BCUT2D eigenvalue weighted by atomic mass is 10.2. The molecule has 1 heterocycles. The first-order chi connectivity index (χ1) is 13.6. The number of rotatable bonds is 5. The van der Waals surface area contributed by atoms with E-state index in [0.717, 1.165) is 24.5 Å². The van der Waals surface area contributed by atoms with Crippen LogP contribution in [0.1, 0.15) is 0 Å². The Bertz CT molecular complexity index is 912. The molecule has 0 spiro atoms. The Labute approximate surface area is 164 Å². The Morgan fingerprint density at radius 2 is 1.82 bits per heavy atom. The Hall–Kier alpha value is -3.66. The Morgan fingerprint density at radius 3 is 2.50 bits per heavy atom. The van der Waals surface area contributed by atoms with Gasteiger partial charge in [-0.25, -0.2) is 0 Å². The van der Waals surface area contributed by atoms with Crippen LogP contribution in [0.4, 0.5) is 11.4 Å². The highest BCUT2D eigenvalue weighted by molar-refractivity contribution is 6.07. The summed E-state index contributed by atoms with van der Waals surface area (Å²) in [6.45, 7) is 2.84. The number of phenolic OH excluding ortho intramolecular Hbond substituents is 1. The minimum absolute atomic E-state index is 0.00556. The van der Waals surface area contributed by atoms with Crippen molar-refractivity contribution in [3.63, 3.8) is 0 Å². The van der Waals surface area contributed by atoms with Crippen LogP contribution in [0, 0.1) is 11.3 Å². The van der Waals surface area contributed by atoms with E-state index in [1.807, 2.05) is 35.2 Å². The Balaban J connectivity index is 1.64. The molecule has 1 amide bonds. The second-order valence-corrected chi connectivity index (χ2v) is 6.32. The van der Waals surface area contributed by atoms with Gasteiger partial charge >= 0.3 is 0 Å². The van der Waals surface area contributed by atoms with Crippen LogP contribution < -0.4 is 15.0 Å². The van der Waals surface area contributed by atoms with Gasteiger partial charge in [-0.1, -0.05) is 24.3 Å². The molecule has 0 aromatic heterocycles. The quantitative estimate of drug-likeness (QED) is 0.472. The minimum atomic E-state index is -0.545. The molecule has 28 heavy (non-hydrogen) atoms. The van der Waals surface area contributed by atoms with Crippen molar-refractivity contribution in [2.24, 2.45) is 0 Å². The third kappa shape index (κ3) is 4.35. The summed E-state index contributed by atoms with van der Waals surface area (Å²) in [5.74, 6) is 0.237. The number of ether oxygens (including phenoxy) is 1. The average Bonchev–Trinajstić information content (AvgIpc) is 2.74. The molecule has 2 aromatic rings. The molecule has 0 bridgehead atoms. The average molecular weight is 378 g/mol. The van der Waals surface area contributed by atoms with E-state index >= 15 is 0 Å². The number of hydrogen-bond donors (Lipinski definition) is 2. The summed E-state index contributed by atoms with van der Waals surface area (Å²) in [6.07, 6.45) is 1.58. The first kappa shape index (κ1) is 19.1. The maximum Gasteiger partial charge on any atom is 0.267 e. The van der Waals surface area contributed by atoms with E-state index in [1.165, 1.54) is 6.07 Å². The third-order valence-electron chi connectivity index (χ3n) is 4.57. The summed E-state index contributed by atoms with van der Waals surface area (Å²) < 4.78 is 5.42. The topological polar surface area (TPSA) is 88.8 Å². The van der Waals surface area contributed by atoms with Crippen molar-refractivity contribution in [3.8, 4) is 17.6 Å². The highest BCUT2D eigenvalue weighted by atomic mass is 16.5. The number of carbonyl (C=O) groups excluding carboxylic acids is 1. The number of nitriles is 1. The van der Waals surface area contributed by atoms with Crippen molar-refractivity contribution in [3.05, 3.63) is 60.3 Å². The molecule has 2 N–H and O–H groups in total. The molecule has 0 atom stereocenters. The standard InChI is InChI=1S/C21H22N4O3/c1-28-20-9-5-3-7-18(20)25-12-10-24(11-13-25)15-16(14-22)21(27)23-17-6-2-4-8-19(17)26/h2-9,15,26H,10-13H2,1H3,(H,23,27)/b16-15-. The number of anilines is 2. The highest BCUT2D eigenvalue weighted by Gasteiger charge is 2.20. The molecule has 1 saturated heterocycles. The number of carbonyl (C=O) groups is 1. The maximum absolute atomic E-state index is 12.4. The molecule has 0 radical (unpaired) electrons. The smallest absolute Gasteiger partial charge is 0.267 e. The zero-order valence-corrected chi connectivity index (χ0v) is 15.6. The monoisotopic (exact) mass is 378 g/mol. The first-order valence-electron chi connectivity index (χ1n) is 8.95. The van der Waals surface area contributed by atoms with Crippen molar-refractivity contribution < 1.29 is 14.6 Å². The molecule has 0 unspecified atom stereocenters. The zero-order valence-electron chi connectivity index (χ0n) is 15.6. The van der Waals surface area contributed by atoms with Gasteiger partial charge in [-0.2, -0.15) is 5.26 Å². The molecule has 7 heteroatoms. The molecule has 1 aliphatic rings. The van der Waals surface area contributed by atoms with Crippen molar-refractivity contribution in [2.75, 3.05) is 43.5 Å². The van der Waals surface area contributed by atoms with Crippen LogP contribution in [0.15, 0.2) is 60.3 Å². The Kier molecular flexibility index (Phi) is 6.02. The van der Waals surface area contributed by atoms with Gasteiger partial charge in [0.25, 0.3) is 5.91 Å². The molecular weight excluding hydrogens is 356 g/mol. The highest BCUT2D eigenvalue weighted by Crippen LogP contribution is 2.28. The second kappa shape index (κ2) is 8.82. The molecule has 144 valence electrons. The number of piperazine rings is 1. The number of benzene rings is 2. The molecule has 7 nitrogen and oxygen atoms in total. The summed E-state index contributed by atoms with van der Waals surface area (Å²) in [4.78, 5) is 16.5. The molecule has 3 rings (SSSR count). The van der Waals surface area contributed by atoms with Gasteiger partial charge in [-0.15, -0.1) is 0 Å². The van der Waals surface area contributed by atoms with Crippen LogP contribution in [0.3, 0.4) is 0 Å². The van der Waals surface area contributed by atoms with E-state index in [2.05, 4.69) is 10.2 Å². The van der Waals surface area contributed by atoms with Gasteiger partial charge in [0, 0.05) is 32.4 Å². The number of methoxy groups -OCH3 is 1. The Morgan fingerprint density at radius 1 is 1.14 bits per heavy atom. The van der Waals surface area contributed by atoms with Gasteiger partial charge in [0.2, 0.25) is 0 Å². The minimum Gasteiger partial charge on any atom is -0.506 e. The number of nitrogens with one attached hydrogen (secondary N) is 1. The summed E-state index contributed by atoms with van der Waals surface area (Å²) in [5.41, 5.74) is 1.30. The lowest BCUT2D eigenvalue weighted by Gasteiger charge is -2.36. The first-order valence-corrected chi connectivity index (χ1v) is 8.95. The normalized spacial score (nSPS) is 14.4. The van der Waals surface area contributed by atoms with Crippen LogP contribution >= 0.6 is 0 Å². The number of phenols is 1. The molecule has 1 aliphatic heterocycles. The summed E-state index contributed by atoms with van der Waals surface area (Å²) in [7, 11) is 1.65. The largest absolute Gasteiger partial charge is 0.506 e. The zero-order chi connectivity index (χ0) is 19.9. The fourth-order valence-corrected chi connectivity index (χ4v) is 3.07. The van der Waals surface area contributed by atoms with Crippen molar-refractivity contribution >= 4 is 17.3 Å². The number of aromatic hydroxyl groups is 1. The van der Waals surface area contributed by atoms with Crippen molar-refractivity contribution in [1.82, 2.24) is 4.90 Å². The van der Waals surface area contributed by atoms with Gasteiger partial charge < -0.3 is 25.0 Å². The molecule has 0 aliphatic carbocycles. The van der Waals surface area contributed by atoms with Crippen LogP contribution in [-0.2, 0) is 4.79 Å². The predicted molar refractivity (Wildman–Crippen MR) is 107 cm³/mol. The van der Waals surface area contributed by atoms with Gasteiger partial charge in [0.05, 0.1) is 18.5 Å². The van der Waals surface area contributed by atoms with Crippen LogP contribution in [0.2, 0.25) is 0 Å². The van der Waals surface area contributed by atoms with E-state index in [1.54, 1.807) is 31.5 Å². The van der Waals surface area contributed by atoms with Gasteiger partial charge in [0.1, 0.15) is 23.1 Å². The lowest BCUT2D eigenvalue weighted by Crippen LogP contribution is -2.44. The van der Waals surface area contributed by atoms with Crippen molar-refractivity contribution in [1.29, 1.82) is 5.26 Å². The molecular formula is C21H22N4O3. The fraction of sp³-hybridized carbons (Fsp3) is 0.238. The fourth-order valence-electron chi connectivity index (χ4n) is 3.07. The second-order valence-electron chi connectivity index (χ2n) is 6.32. The maximum atomic E-state index is 12.4. The van der Waals surface area contributed by atoms with Gasteiger partial charge in [-0.05, 0) is 24.3 Å². The molecule has 2 aromatic carbocycles. The number of hydrogen-bond acceptors (Lipinski definition) is 6. The van der Waals surface area contributed by atoms with Crippen LogP contribution in [0.25, 0.3) is 0 Å². The summed E-state index contributed by atoms with van der Waals surface area (Å²) in [6, 6.07) is 16.2. The van der Waals surface area contributed by atoms with Crippen LogP contribution in [-0.4, -0.2) is 49.2 Å². The third-order valence-corrected chi connectivity index (χ3v) is 4.57. The SMILES string of the molecule is COc1ccccc1N1CCN(/C=C(/C#N)C(=O)Nc2ccccc2O)CC1. The lowest BCUT2D eigenvalue weighted by molar-refractivity contribution is -0.112. The summed E-state index contributed by atoms with van der Waals surface area (Å²) >= 11 is 0. The molecule has 0 saturated carbocycles. The van der Waals surface area contributed by atoms with E-state index < -0.39 is 5.91 Å². The van der Waals surface area contributed by atoms with E-state index in [9.17, 15) is 15.2 Å². The van der Waals surface area contributed by atoms with E-state index in [-0.39, 0.29) is 17.0 Å². The predicted octanol–water partition coefficient (Wildman–Crippen LogP) is 2.57. The number of nitrogens with zero attached hydrogens (tertiary/aromatic N) is 3. The van der Waals surface area contributed by atoms with Crippen LogP contribution in [0.5, 0.6) is 11.5 Å². The summed E-state index contributed by atoms with van der Waals surface area (Å²) in [5, 5.41) is 21.7.